The molecular formula is C15H17N5O3. The van der Waals surface area contributed by atoms with Gasteiger partial charge in [-0.2, -0.15) is 0 Å². The van der Waals surface area contributed by atoms with Crippen molar-refractivity contribution >= 4 is 5.91 Å². The van der Waals surface area contributed by atoms with E-state index < -0.39 is 0 Å². The number of likely N-dealkylation sites (tertiary alicyclic amines) is 1. The Morgan fingerprint density at radius 3 is 2.96 bits per heavy atom. The van der Waals surface area contributed by atoms with Crippen LogP contribution >= 0.6 is 0 Å². The highest BCUT2D eigenvalue weighted by Crippen LogP contribution is 2.38. The smallest absolute Gasteiger partial charge is 0.244 e. The molecule has 1 atom stereocenters. The molecule has 0 bridgehead atoms. The quantitative estimate of drug-likeness (QED) is 0.833. The van der Waals surface area contributed by atoms with Crippen molar-refractivity contribution < 1.29 is 14.3 Å². The van der Waals surface area contributed by atoms with Gasteiger partial charge in [-0.1, -0.05) is 6.07 Å². The van der Waals surface area contributed by atoms with Crippen molar-refractivity contribution in [3.8, 4) is 11.5 Å². The Bertz CT molecular complexity index is 703. The van der Waals surface area contributed by atoms with E-state index in [-0.39, 0.29) is 18.5 Å². The van der Waals surface area contributed by atoms with Crippen LogP contribution in [0.1, 0.15) is 24.4 Å². The number of ether oxygens (including phenoxy) is 2. The average Bonchev–Trinajstić information content (AvgIpc) is 3.25. The molecule has 1 aromatic heterocycles. The van der Waals surface area contributed by atoms with Gasteiger partial charge < -0.3 is 14.4 Å². The fourth-order valence-electron chi connectivity index (χ4n) is 3.16. The molecule has 0 unspecified atom stereocenters. The summed E-state index contributed by atoms with van der Waals surface area (Å²) in [5.41, 5.74) is 1.08. The number of carbonyl (C=O) groups excluding carboxylic acids is 1. The summed E-state index contributed by atoms with van der Waals surface area (Å²) < 4.78 is 12.6. The largest absolute Gasteiger partial charge is 0.486 e. The zero-order chi connectivity index (χ0) is 15.6. The molecule has 3 heterocycles. The molecule has 0 radical (unpaired) electrons. The lowest BCUT2D eigenvalue weighted by Crippen LogP contribution is -2.33. The van der Waals surface area contributed by atoms with Crippen LogP contribution in [0, 0.1) is 0 Å². The molecule has 4 rings (SSSR count). The van der Waals surface area contributed by atoms with Crippen molar-refractivity contribution in [3.63, 3.8) is 0 Å². The number of hydrogen-bond acceptors (Lipinski definition) is 6. The third-order valence-electron chi connectivity index (χ3n) is 4.21. The van der Waals surface area contributed by atoms with E-state index >= 15 is 0 Å². The third-order valence-corrected chi connectivity index (χ3v) is 4.21. The molecule has 1 aromatic carbocycles. The van der Waals surface area contributed by atoms with Gasteiger partial charge in [0.2, 0.25) is 5.91 Å². The van der Waals surface area contributed by atoms with E-state index in [1.807, 2.05) is 23.1 Å². The Balaban J connectivity index is 1.54. The van der Waals surface area contributed by atoms with Gasteiger partial charge in [0, 0.05) is 6.54 Å². The van der Waals surface area contributed by atoms with E-state index in [1.165, 1.54) is 11.0 Å². The number of nitrogens with zero attached hydrogens (tertiary/aromatic N) is 5. The number of tetrazole rings is 1. The second-order valence-electron chi connectivity index (χ2n) is 5.66. The zero-order valence-electron chi connectivity index (χ0n) is 12.6. The maximum atomic E-state index is 12.5. The van der Waals surface area contributed by atoms with Crippen molar-refractivity contribution in [2.24, 2.45) is 0 Å². The number of hydrogen-bond donors (Lipinski definition) is 0. The minimum atomic E-state index is 0.0229. The molecule has 2 aromatic rings. The predicted molar refractivity (Wildman–Crippen MR) is 78.9 cm³/mol. The summed E-state index contributed by atoms with van der Waals surface area (Å²) in [5.74, 6) is 1.55. The summed E-state index contributed by atoms with van der Waals surface area (Å²) in [6, 6.07) is 5.99. The molecule has 8 nitrogen and oxygen atoms in total. The number of rotatable bonds is 3. The maximum Gasteiger partial charge on any atom is 0.244 e. The van der Waals surface area contributed by atoms with Crippen LogP contribution in [0.15, 0.2) is 24.5 Å². The Morgan fingerprint density at radius 2 is 2.13 bits per heavy atom. The summed E-state index contributed by atoms with van der Waals surface area (Å²) in [7, 11) is 0. The van der Waals surface area contributed by atoms with Gasteiger partial charge in [-0.25, -0.2) is 4.68 Å². The molecule has 120 valence electrons. The molecule has 1 amide bonds. The van der Waals surface area contributed by atoms with Gasteiger partial charge >= 0.3 is 0 Å². The summed E-state index contributed by atoms with van der Waals surface area (Å²) >= 11 is 0. The van der Waals surface area contributed by atoms with E-state index in [9.17, 15) is 4.79 Å². The zero-order valence-corrected chi connectivity index (χ0v) is 12.6. The lowest BCUT2D eigenvalue weighted by atomic mass is 10.0. The van der Waals surface area contributed by atoms with Gasteiger partial charge in [-0.05, 0) is 41.0 Å². The predicted octanol–water partition coefficient (Wildman–Crippen LogP) is 0.808. The standard InChI is InChI=1S/C15H17N5O3/c21-15(9-19-10-16-17-18-19)20-5-1-2-12(20)11-3-4-13-14(8-11)23-7-6-22-13/h3-4,8,10,12H,1-2,5-7,9H2/t12-/m0/s1. The molecule has 23 heavy (non-hydrogen) atoms. The highest BCUT2D eigenvalue weighted by Gasteiger charge is 2.31. The summed E-state index contributed by atoms with van der Waals surface area (Å²) in [4.78, 5) is 14.4. The molecule has 0 N–H and O–H groups in total. The third kappa shape index (κ3) is 2.71. The topological polar surface area (TPSA) is 82.4 Å². The van der Waals surface area contributed by atoms with Gasteiger partial charge in [0.1, 0.15) is 26.1 Å². The highest BCUT2D eigenvalue weighted by molar-refractivity contribution is 5.76. The average molecular weight is 315 g/mol. The van der Waals surface area contributed by atoms with Crippen LogP contribution in [0.4, 0.5) is 0 Å². The normalized spacial score (nSPS) is 19.8. The molecule has 0 aliphatic carbocycles. The molecule has 1 fully saturated rings. The Morgan fingerprint density at radius 1 is 1.26 bits per heavy atom. The maximum absolute atomic E-state index is 12.5. The number of amides is 1. The van der Waals surface area contributed by atoms with Crippen molar-refractivity contribution in [3.05, 3.63) is 30.1 Å². The lowest BCUT2D eigenvalue weighted by Gasteiger charge is -2.26. The van der Waals surface area contributed by atoms with Gasteiger partial charge in [-0.15, -0.1) is 5.10 Å². The number of carbonyl (C=O) groups is 1. The molecule has 0 saturated carbocycles. The molecule has 8 heteroatoms. The van der Waals surface area contributed by atoms with E-state index in [0.717, 1.165) is 36.4 Å². The number of benzene rings is 1. The van der Waals surface area contributed by atoms with Crippen LogP contribution in [-0.4, -0.2) is 50.8 Å². The first kappa shape index (κ1) is 14.0. The molecular weight excluding hydrogens is 298 g/mol. The van der Waals surface area contributed by atoms with Crippen LogP contribution in [0.5, 0.6) is 11.5 Å². The van der Waals surface area contributed by atoms with Gasteiger partial charge in [-0.3, -0.25) is 4.79 Å². The van der Waals surface area contributed by atoms with Crippen LogP contribution in [0.3, 0.4) is 0 Å². The molecule has 2 aliphatic rings. The Kier molecular flexibility index (Phi) is 3.57. The first-order valence-electron chi connectivity index (χ1n) is 7.71. The fraction of sp³-hybridized carbons (Fsp3) is 0.467. The van der Waals surface area contributed by atoms with E-state index in [2.05, 4.69) is 15.5 Å². The van der Waals surface area contributed by atoms with Crippen molar-refractivity contribution in [2.45, 2.75) is 25.4 Å². The second kappa shape index (κ2) is 5.86. The fourth-order valence-corrected chi connectivity index (χ4v) is 3.16. The first-order valence-corrected chi connectivity index (χ1v) is 7.71. The minimum Gasteiger partial charge on any atom is -0.486 e. The lowest BCUT2D eigenvalue weighted by molar-refractivity contribution is -0.133. The van der Waals surface area contributed by atoms with E-state index in [0.29, 0.717) is 13.2 Å². The van der Waals surface area contributed by atoms with Crippen molar-refractivity contribution in [1.82, 2.24) is 25.1 Å². The second-order valence-corrected chi connectivity index (χ2v) is 5.66. The van der Waals surface area contributed by atoms with E-state index in [1.54, 1.807) is 0 Å². The monoisotopic (exact) mass is 315 g/mol. The molecule has 2 aliphatic heterocycles. The van der Waals surface area contributed by atoms with Gasteiger partial charge in [0.05, 0.1) is 6.04 Å². The van der Waals surface area contributed by atoms with Crippen LogP contribution in [0.2, 0.25) is 0 Å². The van der Waals surface area contributed by atoms with E-state index in [4.69, 9.17) is 9.47 Å². The summed E-state index contributed by atoms with van der Waals surface area (Å²) in [5, 5.41) is 10.9. The summed E-state index contributed by atoms with van der Waals surface area (Å²) in [6.45, 7) is 2.05. The molecule has 0 spiro atoms. The number of fused-ring (bicyclic) bond motifs is 1. The Hall–Kier alpha value is -2.64. The van der Waals surface area contributed by atoms with Crippen LogP contribution < -0.4 is 9.47 Å². The number of aromatic nitrogens is 4. The summed E-state index contributed by atoms with van der Waals surface area (Å²) in [6.07, 6.45) is 3.38. The van der Waals surface area contributed by atoms with Crippen LogP contribution in [-0.2, 0) is 11.3 Å². The van der Waals surface area contributed by atoms with Crippen molar-refractivity contribution in [1.29, 1.82) is 0 Å². The Labute approximate surface area is 133 Å². The van der Waals surface area contributed by atoms with Gasteiger partial charge in [0.25, 0.3) is 0 Å². The van der Waals surface area contributed by atoms with Crippen molar-refractivity contribution in [2.75, 3.05) is 19.8 Å². The highest BCUT2D eigenvalue weighted by atomic mass is 16.6. The first-order chi connectivity index (χ1) is 11.3. The SMILES string of the molecule is O=C(Cn1cnnn1)N1CCC[C@H]1c1ccc2c(c1)OCCO2. The van der Waals surface area contributed by atoms with Gasteiger partial charge in [0.15, 0.2) is 11.5 Å². The van der Waals surface area contributed by atoms with Crippen LogP contribution in [0.25, 0.3) is 0 Å². The minimum absolute atomic E-state index is 0.0229. The molecule has 1 saturated heterocycles.